The average molecular weight is 669 g/mol. The first-order valence-electron chi connectivity index (χ1n) is 18.5. The molecule has 2 heterocycles. The molecule has 7 aromatic carbocycles. The highest BCUT2D eigenvalue weighted by Gasteiger charge is 2.36. The van der Waals surface area contributed by atoms with Crippen LogP contribution in [-0.4, -0.2) is 0 Å². The van der Waals surface area contributed by atoms with Gasteiger partial charge in [0.05, 0.1) is 0 Å². The van der Waals surface area contributed by atoms with Crippen molar-refractivity contribution in [1.82, 2.24) is 0 Å². The molecule has 0 fully saturated rings. The van der Waals surface area contributed by atoms with Crippen molar-refractivity contribution in [3.8, 4) is 11.1 Å². The van der Waals surface area contributed by atoms with E-state index in [0.717, 1.165) is 19.3 Å². The van der Waals surface area contributed by atoms with Gasteiger partial charge in [-0.15, -0.1) is 0 Å². The van der Waals surface area contributed by atoms with Gasteiger partial charge in [-0.3, -0.25) is 0 Å². The molecule has 0 spiro atoms. The zero-order chi connectivity index (χ0) is 34.8. The lowest BCUT2D eigenvalue weighted by Crippen LogP contribution is -2.20. The third-order valence-electron chi connectivity index (χ3n) is 11.5. The molecule has 0 bridgehead atoms. The maximum atomic E-state index is 2.46. The number of benzene rings is 7. The normalized spacial score (nSPS) is 14.9. The van der Waals surface area contributed by atoms with Crippen LogP contribution < -0.4 is 9.80 Å². The summed E-state index contributed by atoms with van der Waals surface area (Å²) >= 11 is 0. The Kier molecular flexibility index (Phi) is 7.08. The number of nitrogens with zero attached hydrogens (tertiary/aromatic N) is 2. The molecular weight excluding hydrogens is 629 g/mol. The van der Waals surface area contributed by atoms with Crippen molar-refractivity contribution < 1.29 is 0 Å². The summed E-state index contributed by atoms with van der Waals surface area (Å²) in [6.45, 7) is 4.76. The highest BCUT2D eigenvalue weighted by atomic mass is 15.2. The molecule has 52 heavy (non-hydrogen) atoms. The fraction of sp³-hybridized carbons (Fsp3) is 0.120. The lowest BCUT2D eigenvalue weighted by Gasteiger charge is -2.34. The summed E-state index contributed by atoms with van der Waals surface area (Å²) in [5, 5.41) is 0. The average Bonchev–Trinajstić information content (AvgIpc) is 3.29. The summed E-state index contributed by atoms with van der Waals surface area (Å²) < 4.78 is 0. The maximum Gasteiger partial charge on any atom is 0.0497 e. The number of hydrogen-bond acceptors (Lipinski definition) is 2. The Morgan fingerprint density at radius 2 is 0.846 bits per heavy atom. The Balaban J connectivity index is 0.948. The smallest absolute Gasteiger partial charge is 0.0497 e. The Morgan fingerprint density at radius 3 is 1.44 bits per heavy atom. The lowest BCUT2D eigenvalue weighted by atomic mass is 9.81. The molecule has 2 aliphatic heterocycles. The van der Waals surface area contributed by atoms with E-state index in [1.54, 1.807) is 0 Å². The van der Waals surface area contributed by atoms with E-state index in [2.05, 4.69) is 194 Å². The molecular formula is C50H40N2. The molecule has 3 aliphatic rings. The first-order chi connectivity index (χ1) is 25.5. The van der Waals surface area contributed by atoms with Crippen molar-refractivity contribution in [3.05, 3.63) is 202 Å². The quantitative estimate of drug-likeness (QED) is 0.172. The van der Waals surface area contributed by atoms with E-state index in [0.29, 0.717) is 0 Å². The van der Waals surface area contributed by atoms with Gasteiger partial charge in [0, 0.05) is 46.0 Å². The summed E-state index contributed by atoms with van der Waals surface area (Å²) in [4.78, 5) is 4.89. The Hall–Kier alpha value is -6.12. The van der Waals surface area contributed by atoms with E-state index in [9.17, 15) is 0 Å². The van der Waals surface area contributed by atoms with Crippen LogP contribution in [0.2, 0.25) is 0 Å². The third kappa shape index (κ3) is 4.93. The lowest BCUT2D eigenvalue weighted by molar-refractivity contribution is 0.660. The predicted molar refractivity (Wildman–Crippen MR) is 219 cm³/mol. The first-order valence-corrected chi connectivity index (χ1v) is 18.5. The standard InChI is InChI=1S/C50H40N2/c1-50(2)44-31-35(20-19-34-21-26-40(27-22-34)51-46-15-7-3-11-36(46)24-25-37-12-4-8-16-47(37)51)23-29-42(44)43-30-28-41(33-45(43)50)52-48-17-9-5-13-38(48)32-39-14-6-10-18-49(39)52/h3-23,26-31,33H,24-25,32H2,1-2H3/b20-19+. The number of fused-ring (bicyclic) bond motifs is 7. The zero-order valence-corrected chi connectivity index (χ0v) is 29.7. The van der Waals surface area contributed by atoms with Gasteiger partial charge >= 0.3 is 0 Å². The molecule has 0 aromatic heterocycles. The minimum absolute atomic E-state index is 0.124. The molecule has 250 valence electrons. The largest absolute Gasteiger partial charge is 0.310 e. The Labute approximate surface area is 307 Å². The van der Waals surface area contributed by atoms with Gasteiger partial charge in [0.15, 0.2) is 0 Å². The van der Waals surface area contributed by atoms with Gasteiger partial charge in [0.2, 0.25) is 0 Å². The molecule has 10 rings (SSSR count). The van der Waals surface area contributed by atoms with E-state index in [4.69, 9.17) is 0 Å². The molecule has 2 nitrogen and oxygen atoms in total. The topological polar surface area (TPSA) is 6.48 Å². The summed E-state index contributed by atoms with van der Waals surface area (Å²) in [5.74, 6) is 0. The van der Waals surface area contributed by atoms with Gasteiger partial charge in [-0.25, -0.2) is 0 Å². The number of aryl methyl sites for hydroxylation is 2. The van der Waals surface area contributed by atoms with Crippen LogP contribution >= 0.6 is 0 Å². The van der Waals surface area contributed by atoms with Crippen molar-refractivity contribution in [1.29, 1.82) is 0 Å². The summed E-state index contributed by atoms with van der Waals surface area (Å²) in [7, 11) is 0. The fourth-order valence-electron chi connectivity index (χ4n) is 8.84. The molecule has 0 atom stereocenters. The highest BCUT2D eigenvalue weighted by molar-refractivity contribution is 5.89. The van der Waals surface area contributed by atoms with Crippen LogP contribution in [0.25, 0.3) is 23.3 Å². The first kappa shape index (κ1) is 30.7. The molecule has 0 saturated heterocycles. The SMILES string of the molecule is CC1(C)c2cc(/C=C/c3ccc(N4c5ccccc5CCc5ccccc54)cc3)ccc2-c2ccc(N3c4ccccc4Cc4ccccc43)cc21. The van der Waals surface area contributed by atoms with Gasteiger partial charge in [-0.2, -0.15) is 0 Å². The van der Waals surface area contributed by atoms with Gasteiger partial charge in [-0.1, -0.05) is 135 Å². The minimum atomic E-state index is -0.124. The predicted octanol–water partition coefficient (Wildman–Crippen LogP) is 13.1. The number of para-hydroxylation sites is 4. The molecule has 0 saturated carbocycles. The monoisotopic (exact) mass is 668 g/mol. The Bertz CT molecular complexity index is 2440. The van der Waals surface area contributed by atoms with E-state index in [-0.39, 0.29) is 5.41 Å². The van der Waals surface area contributed by atoms with E-state index >= 15 is 0 Å². The van der Waals surface area contributed by atoms with Crippen LogP contribution in [0.3, 0.4) is 0 Å². The van der Waals surface area contributed by atoms with E-state index in [1.807, 2.05) is 0 Å². The molecule has 0 N–H and O–H groups in total. The molecule has 0 unspecified atom stereocenters. The second-order valence-electron chi connectivity index (χ2n) is 14.9. The van der Waals surface area contributed by atoms with Crippen molar-refractivity contribution in [2.75, 3.05) is 9.80 Å². The van der Waals surface area contributed by atoms with E-state index in [1.165, 1.54) is 89.8 Å². The fourth-order valence-corrected chi connectivity index (χ4v) is 8.84. The van der Waals surface area contributed by atoms with Crippen LogP contribution in [0, 0.1) is 0 Å². The summed E-state index contributed by atoms with van der Waals surface area (Å²) in [5.41, 5.74) is 20.7. The van der Waals surface area contributed by atoms with Gasteiger partial charge in [0.25, 0.3) is 0 Å². The van der Waals surface area contributed by atoms with Crippen molar-refractivity contribution in [3.63, 3.8) is 0 Å². The van der Waals surface area contributed by atoms with Crippen LogP contribution in [0.4, 0.5) is 34.1 Å². The van der Waals surface area contributed by atoms with Gasteiger partial charge < -0.3 is 9.80 Å². The van der Waals surface area contributed by atoms with Gasteiger partial charge in [-0.05, 0) is 117 Å². The third-order valence-corrected chi connectivity index (χ3v) is 11.5. The van der Waals surface area contributed by atoms with Crippen LogP contribution in [0.15, 0.2) is 158 Å². The molecule has 0 amide bonds. The van der Waals surface area contributed by atoms with E-state index < -0.39 is 0 Å². The molecule has 7 aromatic rings. The molecule has 2 heteroatoms. The van der Waals surface area contributed by atoms with Crippen molar-refractivity contribution in [2.45, 2.75) is 38.5 Å². The number of hydrogen-bond donors (Lipinski definition) is 0. The summed E-state index contributed by atoms with van der Waals surface area (Å²) in [6, 6.07) is 58.4. The number of rotatable bonds is 4. The molecule has 1 aliphatic carbocycles. The maximum absolute atomic E-state index is 2.46. The second-order valence-corrected chi connectivity index (χ2v) is 14.9. The Morgan fingerprint density at radius 1 is 0.423 bits per heavy atom. The summed E-state index contributed by atoms with van der Waals surface area (Å²) in [6.07, 6.45) is 7.57. The van der Waals surface area contributed by atoms with Crippen LogP contribution in [0.1, 0.15) is 58.4 Å². The van der Waals surface area contributed by atoms with Crippen molar-refractivity contribution in [2.24, 2.45) is 0 Å². The van der Waals surface area contributed by atoms with Crippen molar-refractivity contribution >= 4 is 46.3 Å². The molecule has 0 radical (unpaired) electrons. The van der Waals surface area contributed by atoms with Crippen LogP contribution in [-0.2, 0) is 24.7 Å². The van der Waals surface area contributed by atoms with Crippen LogP contribution in [0.5, 0.6) is 0 Å². The zero-order valence-electron chi connectivity index (χ0n) is 29.7. The number of anilines is 6. The highest BCUT2D eigenvalue weighted by Crippen LogP contribution is 2.52. The van der Waals surface area contributed by atoms with Gasteiger partial charge in [0.1, 0.15) is 0 Å². The minimum Gasteiger partial charge on any atom is -0.310 e. The second kappa shape index (κ2) is 12.0.